The SMILES string of the molecule is CO[Si](OC)(OC)C(C)(C)c1ccccc1. The van der Waals surface area contributed by atoms with E-state index in [0.717, 1.165) is 5.56 Å². The number of rotatable bonds is 5. The molecule has 16 heavy (non-hydrogen) atoms. The monoisotopic (exact) mass is 240 g/mol. The first-order valence-corrected chi connectivity index (χ1v) is 6.97. The molecule has 1 aromatic carbocycles. The molecule has 0 bridgehead atoms. The summed E-state index contributed by atoms with van der Waals surface area (Å²) in [5.41, 5.74) is 1.16. The molecule has 0 aliphatic carbocycles. The van der Waals surface area contributed by atoms with E-state index in [-0.39, 0.29) is 5.04 Å². The maximum absolute atomic E-state index is 5.55. The fourth-order valence-electron chi connectivity index (χ4n) is 2.05. The number of hydrogen-bond acceptors (Lipinski definition) is 3. The lowest BCUT2D eigenvalue weighted by Gasteiger charge is -2.38. The molecule has 0 amide bonds. The van der Waals surface area contributed by atoms with Gasteiger partial charge in [-0.2, -0.15) is 0 Å². The van der Waals surface area contributed by atoms with Crippen LogP contribution in [0.2, 0.25) is 0 Å². The van der Waals surface area contributed by atoms with Gasteiger partial charge in [-0.05, 0) is 5.56 Å². The van der Waals surface area contributed by atoms with Crippen molar-refractivity contribution < 1.29 is 13.3 Å². The molecule has 0 atom stereocenters. The van der Waals surface area contributed by atoms with Crippen molar-refractivity contribution >= 4 is 8.80 Å². The molecule has 0 N–H and O–H groups in total. The molecule has 4 heteroatoms. The minimum Gasteiger partial charge on any atom is -0.376 e. The Hall–Kier alpha value is -0.683. The van der Waals surface area contributed by atoms with Gasteiger partial charge in [0.25, 0.3) is 0 Å². The molecule has 0 unspecified atom stereocenters. The van der Waals surface area contributed by atoms with Gasteiger partial charge < -0.3 is 13.3 Å². The van der Waals surface area contributed by atoms with E-state index in [2.05, 4.69) is 26.0 Å². The van der Waals surface area contributed by atoms with Crippen molar-refractivity contribution in [2.45, 2.75) is 18.9 Å². The van der Waals surface area contributed by atoms with Crippen molar-refractivity contribution in [2.24, 2.45) is 0 Å². The van der Waals surface area contributed by atoms with E-state index in [1.165, 1.54) is 0 Å². The molecule has 0 aliphatic heterocycles. The predicted molar refractivity (Wildman–Crippen MR) is 66.2 cm³/mol. The fourth-order valence-corrected chi connectivity index (χ4v) is 4.60. The molecule has 0 fully saturated rings. The summed E-state index contributed by atoms with van der Waals surface area (Å²) in [4.78, 5) is 0. The summed E-state index contributed by atoms with van der Waals surface area (Å²) >= 11 is 0. The first-order valence-electron chi connectivity index (χ1n) is 5.25. The van der Waals surface area contributed by atoms with Gasteiger partial charge in [-0.1, -0.05) is 44.2 Å². The molecule has 3 nitrogen and oxygen atoms in total. The molecular weight excluding hydrogens is 220 g/mol. The van der Waals surface area contributed by atoms with Gasteiger partial charge >= 0.3 is 8.80 Å². The van der Waals surface area contributed by atoms with Crippen LogP contribution in [0.5, 0.6) is 0 Å². The Balaban J connectivity index is 3.18. The third-order valence-corrected chi connectivity index (χ3v) is 6.50. The first kappa shape index (κ1) is 13.4. The standard InChI is InChI=1S/C12H20O3Si/c1-12(2,11-9-7-6-8-10-11)16(13-3,14-4)15-5/h6-10H,1-5H3. The second-order valence-electron chi connectivity index (χ2n) is 4.16. The second-order valence-corrected chi connectivity index (χ2v) is 7.75. The summed E-state index contributed by atoms with van der Waals surface area (Å²) in [6.07, 6.45) is 0. The zero-order valence-electron chi connectivity index (χ0n) is 10.6. The van der Waals surface area contributed by atoms with Crippen molar-refractivity contribution in [1.29, 1.82) is 0 Å². The molecule has 0 heterocycles. The Morgan fingerprint density at radius 2 is 1.31 bits per heavy atom. The summed E-state index contributed by atoms with van der Waals surface area (Å²) in [5.74, 6) is 0. The van der Waals surface area contributed by atoms with Gasteiger partial charge in [0.1, 0.15) is 0 Å². The maximum Gasteiger partial charge on any atom is 0.510 e. The molecule has 0 spiro atoms. The highest BCUT2D eigenvalue weighted by atomic mass is 28.4. The van der Waals surface area contributed by atoms with Gasteiger partial charge in [-0.25, -0.2) is 0 Å². The Kier molecular flexibility index (Phi) is 4.26. The molecule has 0 radical (unpaired) electrons. The highest BCUT2D eigenvalue weighted by Crippen LogP contribution is 2.34. The predicted octanol–water partition coefficient (Wildman–Crippen LogP) is 2.38. The topological polar surface area (TPSA) is 27.7 Å². The Labute approximate surface area is 98.7 Å². The summed E-state index contributed by atoms with van der Waals surface area (Å²) in [6.45, 7) is 4.18. The molecule has 1 aromatic rings. The fraction of sp³-hybridized carbons (Fsp3) is 0.500. The molecule has 0 saturated carbocycles. The molecule has 1 rings (SSSR count). The average molecular weight is 240 g/mol. The Morgan fingerprint density at radius 3 is 1.69 bits per heavy atom. The minimum absolute atomic E-state index is 0.271. The van der Waals surface area contributed by atoms with E-state index in [1.807, 2.05) is 18.2 Å². The number of hydrogen-bond donors (Lipinski definition) is 0. The van der Waals surface area contributed by atoms with E-state index >= 15 is 0 Å². The van der Waals surface area contributed by atoms with Crippen molar-refractivity contribution in [3.05, 3.63) is 35.9 Å². The maximum atomic E-state index is 5.55. The van der Waals surface area contributed by atoms with Crippen molar-refractivity contribution in [2.75, 3.05) is 21.3 Å². The molecule has 90 valence electrons. The van der Waals surface area contributed by atoms with Crippen LogP contribution in [0.15, 0.2) is 30.3 Å². The van der Waals surface area contributed by atoms with Gasteiger partial charge in [-0.15, -0.1) is 0 Å². The first-order chi connectivity index (χ1) is 7.54. The van der Waals surface area contributed by atoms with Crippen LogP contribution in [0.4, 0.5) is 0 Å². The van der Waals surface area contributed by atoms with Crippen LogP contribution in [-0.4, -0.2) is 30.1 Å². The minimum atomic E-state index is -2.69. The lowest BCUT2D eigenvalue weighted by atomic mass is 10.0. The van der Waals surface area contributed by atoms with Crippen LogP contribution in [0.1, 0.15) is 19.4 Å². The third-order valence-electron chi connectivity index (χ3n) is 3.07. The third kappa shape index (κ3) is 2.06. The van der Waals surface area contributed by atoms with Crippen LogP contribution in [0, 0.1) is 0 Å². The second kappa shape index (κ2) is 5.10. The largest absolute Gasteiger partial charge is 0.510 e. The van der Waals surface area contributed by atoms with Gasteiger partial charge in [0, 0.05) is 21.3 Å². The average Bonchev–Trinajstić information content (AvgIpc) is 2.33. The lowest BCUT2D eigenvalue weighted by molar-refractivity contribution is 0.0970. The summed E-state index contributed by atoms with van der Waals surface area (Å²) in [6, 6.07) is 10.2. The number of benzene rings is 1. The van der Waals surface area contributed by atoms with Gasteiger partial charge in [-0.3, -0.25) is 0 Å². The molecule has 0 aliphatic rings. The van der Waals surface area contributed by atoms with Gasteiger partial charge in [0.2, 0.25) is 0 Å². The highest BCUT2D eigenvalue weighted by Gasteiger charge is 2.54. The van der Waals surface area contributed by atoms with Gasteiger partial charge in [0.15, 0.2) is 0 Å². The summed E-state index contributed by atoms with van der Waals surface area (Å²) in [7, 11) is 2.24. The van der Waals surface area contributed by atoms with Crippen molar-refractivity contribution in [1.82, 2.24) is 0 Å². The smallest absolute Gasteiger partial charge is 0.376 e. The lowest BCUT2D eigenvalue weighted by Crippen LogP contribution is -2.58. The van der Waals surface area contributed by atoms with Crippen LogP contribution in [-0.2, 0) is 18.3 Å². The Bertz CT molecular complexity index is 312. The van der Waals surface area contributed by atoms with Crippen molar-refractivity contribution in [3.8, 4) is 0 Å². The van der Waals surface area contributed by atoms with Crippen LogP contribution < -0.4 is 0 Å². The quantitative estimate of drug-likeness (QED) is 0.740. The van der Waals surface area contributed by atoms with Crippen molar-refractivity contribution in [3.63, 3.8) is 0 Å². The normalized spacial score (nSPS) is 12.8. The van der Waals surface area contributed by atoms with Gasteiger partial charge in [0.05, 0.1) is 5.04 Å². The van der Waals surface area contributed by atoms with Crippen LogP contribution in [0.25, 0.3) is 0 Å². The van der Waals surface area contributed by atoms with E-state index in [1.54, 1.807) is 21.3 Å². The zero-order valence-corrected chi connectivity index (χ0v) is 11.6. The summed E-state index contributed by atoms with van der Waals surface area (Å²) in [5, 5.41) is -0.271. The van der Waals surface area contributed by atoms with E-state index in [4.69, 9.17) is 13.3 Å². The van der Waals surface area contributed by atoms with E-state index in [0.29, 0.717) is 0 Å². The summed E-state index contributed by atoms with van der Waals surface area (Å²) < 4.78 is 16.6. The highest BCUT2D eigenvalue weighted by molar-refractivity contribution is 6.64. The molecular formula is C12H20O3Si. The molecule has 0 aromatic heterocycles. The Morgan fingerprint density at radius 1 is 0.875 bits per heavy atom. The zero-order chi connectivity index (χ0) is 12.2. The van der Waals surface area contributed by atoms with Crippen LogP contribution >= 0.6 is 0 Å². The van der Waals surface area contributed by atoms with Crippen LogP contribution in [0.3, 0.4) is 0 Å². The van der Waals surface area contributed by atoms with E-state index < -0.39 is 8.80 Å². The van der Waals surface area contributed by atoms with E-state index in [9.17, 15) is 0 Å². The molecule has 0 saturated heterocycles.